The highest BCUT2D eigenvalue weighted by molar-refractivity contribution is 6.33. The van der Waals surface area contributed by atoms with Crippen molar-refractivity contribution in [2.24, 2.45) is 5.73 Å². The highest BCUT2D eigenvalue weighted by Crippen LogP contribution is 2.25. The van der Waals surface area contributed by atoms with E-state index in [9.17, 15) is 4.79 Å². The van der Waals surface area contributed by atoms with Gasteiger partial charge in [-0.2, -0.15) is 0 Å². The lowest BCUT2D eigenvalue weighted by Gasteiger charge is -2.20. The highest BCUT2D eigenvalue weighted by atomic mass is 35.5. The minimum absolute atomic E-state index is 0.0556. The van der Waals surface area contributed by atoms with E-state index in [0.29, 0.717) is 23.7 Å². The van der Waals surface area contributed by atoms with Gasteiger partial charge in [0.1, 0.15) is 0 Å². The van der Waals surface area contributed by atoms with E-state index in [2.05, 4.69) is 5.32 Å². The summed E-state index contributed by atoms with van der Waals surface area (Å²) in [4.78, 5) is 13.5. The van der Waals surface area contributed by atoms with Crippen molar-refractivity contribution < 1.29 is 9.53 Å². The Hall–Kier alpha value is -1.30. The van der Waals surface area contributed by atoms with Gasteiger partial charge in [-0.25, -0.2) is 0 Å². The zero-order valence-electron chi connectivity index (χ0n) is 12.9. The molecule has 0 saturated heterocycles. The van der Waals surface area contributed by atoms with Crippen LogP contribution < -0.4 is 11.1 Å². The fourth-order valence-corrected chi connectivity index (χ4v) is 2.18. The minimum atomic E-state index is -0.0556. The number of carbonyl (C=O) groups is 1. The number of anilines is 1. The maximum atomic E-state index is 12.0. The first-order valence-corrected chi connectivity index (χ1v) is 7.34. The second-order valence-corrected chi connectivity index (χ2v) is 5.53. The molecular weight excluding hydrogens is 290 g/mol. The summed E-state index contributed by atoms with van der Waals surface area (Å²) in [5, 5.41) is 3.92. The monoisotopic (exact) mass is 313 g/mol. The number of carbonyl (C=O) groups excluding carboxylic acids is 1. The molecule has 0 aliphatic carbocycles. The number of benzene rings is 1. The zero-order chi connectivity index (χ0) is 15.8. The van der Waals surface area contributed by atoms with Crippen molar-refractivity contribution in [1.82, 2.24) is 4.90 Å². The molecule has 0 heterocycles. The van der Waals surface area contributed by atoms with E-state index >= 15 is 0 Å². The Labute approximate surface area is 131 Å². The summed E-state index contributed by atoms with van der Waals surface area (Å²) in [5.41, 5.74) is 6.89. The predicted octanol–water partition coefficient (Wildman–Crippen LogP) is 2.21. The third-order valence-corrected chi connectivity index (χ3v) is 3.43. The molecule has 0 saturated carbocycles. The second-order valence-electron chi connectivity index (χ2n) is 5.12. The maximum Gasteiger partial charge on any atom is 0.253 e. The average Bonchev–Trinajstić information content (AvgIpc) is 2.46. The van der Waals surface area contributed by atoms with Gasteiger partial charge in [0.05, 0.1) is 17.3 Å². The molecule has 1 rings (SSSR count). The van der Waals surface area contributed by atoms with Crippen LogP contribution in [0.2, 0.25) is 5.02 Å². The van der Waals surface area contributed by atoms with Gasteiger partial charge in [-0.05, 0) is 37.6 Å². The standard InChI is InChI=1S/C15H24ClN3O2/c1-19(2)15(20)11-6-7-13(16)14(9-11)18-12(10-21-3)5-4-8-17/h6-7,9,12,18H,4-5,8,10,17H2,1-3H3. The first kappa shape index (κ1) is 17.8. The molecule has 5 nitrogen and oxygen atoms in total. The number of nitrogens with zero attached hydrogens (tertiary/aromatic N) is 1. The number of nitrogens with two attached hydrogens (primary N) is 1. The van der Waals surface area contributed by atoms with Gasteiger partial charge in [-0.15, -0.1) is 0 Å². The van der Waals surface area contributed by atoms with Crippen molar-refractivity contribution in [2.75, 3.05) is 39.7 Å². The largest absolute Gasteiger partial charge is 0.383 e. The number of hydrogen-bond donors (Lipinski definition) is 2. The van der Waals surface area contributed by atoms with Crippen molar-refractivity contribution >= 4 is 23.2 Å². The molecule has 1 aromatic carbocycles. The van der Waals surface area contributed by atoms with E-state index in [-0.39, 0.29) is 11.9 Å². The van der Waals surface area contributed by atoms with Gasteiger partial charge in [0.15, 0.2) is 0 Å². The maximum absolute atomic E-state index is 12.0. The normalized spacial score (nSPS) is 12.0. The van der Waals surface area contributed by atoms with Crippen molar-refractivity contribution in [3.05, 3.63) is 28.8 Å². The van der Waals surface area contributed by atoms with Crippen LogP contribution in [0, 0.1) is 0 Å². The van der Waals surface area contributed by atoms with Crippen LogP contribution in [-0.4, -0.2) is 51.2 Å². The van der Waals surface area contributed by atoms with Crippen molar-refractivity contribution in [3.8, 4) is 0 Å². The molecule has 6 heteroatoms. The van der Waals surface area contributed by atoms with Crippen LogP contribution in [-0.2, 0) is 4.74 Å². The Morgan fingerprint density at radius 3 is 2.76 bits per heavy atom. The highest BCUT2D eigenvalue weighted by Gasteiger charge is 2.14. The van der Waals surface area contributed by atoms with Gasteiger partial charge in [-0.1, -0.05) is 11.6 Å². The van der Waals surface area contributed by atoms with E-state index < -0.39 is 0 Å². The molecule has 0 fully saturated rings. The minimum Gasteiger partial charge on any atom is -0.383 e. The summed E-state index contributed by atoms with van der Waals surface area (Å²) < 4.78 is 5.21. The van der Waals surface area contributed by atoms with E-state index in [1.165, 1.54) is 4.90 Å². The Morgan fingerprint density at radius 1 is 1.48 bits per heavy atom. The molecule has 1 unspecified atom stereocenters. The molecule has 3 N–H and O–H groups in total. The summed E-state index contributed by atoms with van der Waals surface area (Å²) in [6.07, 6.45) is 1.78. The lowest BCUT2D eigenvalue weighted by Crippen LogP contribution is -2.26. The summed E-state index contributed by atoms with van der Waals surface area (Å²) in [5.74, 6) is -0.0556. The topological polar surface area (TPSA) is 67.6 Å². The van der Waals surface area contributed by atoms with Crippen LogP contribution in [0.5, 0.6) is 0 Å². The van der Waals surface area contributed by atoms with Gasteiger partial charge in [0.2, 0.25) is 0 Å². The van der Waals surface area contributed by atoms with Crippen LogP contribution in [0.25, 0.3) is 0 Å². The lowest BCUT2D eigenvalue weighted by atomic mass is 10.1. The predicted molar refractivity (Wildman–Crippen MR) is 87.0 cm³/mol. The third kappa shape index (κ3) is 5.53. The van der Waals surface area contributed by atoms with Crippen LogP contribution in [0.3, 0.4) is 0 Å². The number of hydrogen-bond acceptors (Lipinski definition) is 4. The molecular formula is C15H24ClN3O2. The summed E-state index contributed by atoms with van der Waals surface area (Å²) >= 11 is 6.21. The number of methoxy groups -OCH3 is 1. The van der Waals surface area contributed by atoms with Crippen LogP contribution in [0.4, 0.5) is 5.69 Å². The zero-order valence-corrected chi connectivity index (χ0v) is 13.6. The SMILES string of the molecule is COCC(CCCN)Nc1cc(C(=O)N(C)C)ccc1Cl. The number of halogens is 1. The molecule has 0 aliphatic rings. The Balaban J connectivity index is 2.89. The van der Waals surface area contributed by atoms with Crippen molar-refractivity contribution in [3.63, 3.8) is 0 Å². The van der Waals surface area contributed by atoms with Crippen LogP contribution in [0.1, 0.15) is 23.2 Å². The molecule has 0 spiro atoms. The van der Waals surface area contributed by atoms with E-state index in [0.717, 1.165) is 18.5 Å². The molecule has 0 aliphatic heterocycles. The van der Waals surface area contributed by atoms with Gasteiger partial charge >= 0.3 is 0 Å². The van der Waals surface area contributed by atoms with Crippen molar-refractivity contribution in [1.29, 1.82) is 0 Å². The summed E-state index contributed by atoms with van der Waals surface area (Å²) in [7, 11) is 5.10. The van der Waals surface area contributed by atoms with Gasteiger partial charge in [0, 0.05) is 32.8 Å². The van der Waals surface area contributed by atoms with Gasteiger partial charge in [0.25, 0.3) is 5.91 Å². The first-order valence-electron chi connectivity index (χ1n) is 6.96. The van der Waals surface area contributed by atoms with Crippen molar-refractivity contribution in [2.45, 2.75) is 18.9 Å². The molecule has 0 radical (unpaired) electrons. The molecule has 0 aromatic heterocycles. The summed E-state index contributed by atoms with van der Waals surface area (Å²) in [6, 6.07) is 5.34. The Bertz CT molecular complexity index is 466. The molecule has 21 heavy (non-hydrogen) atoms. The van der Waals surface area contributed by atoms with Crippen LogP contribution in [0.15, 0.2) is 18.2 Å². The first-order chi connectivity index (χ1) is 9.99. The van der Waals surface area contributed by atoms with E-state index in [4.69, 9.17) is 22.1 Å². The van der Waals surface area contributed by atoms with Crippen LogP contribution >= 0.6 is 11.6 Å². The number of ether oxygens (including phenoxy) is 1. The quantitative estimate of drug-likeness (QED) is 0.772. The Morgan fingerprint density at radius 2 is 2.19 bits per heavy atom. The molecule has 1 atom stereocenters. The fourth-order valence-electron chi connectivity index (χ4n) is 2.01. The fraction of sp³-hybridized carbons (Fsp3) is 0.533. The molecule has 118 valence electrons. The third-order valence-electron chi connectivity index (χ3n) is 3.10. The number of nitrogens with one attached hydrogen (secondary N) is 1. The molecule has 1 aromatic rings. The smallest absolute Gasteiger partial charge is 0.253 e. The molecule has 1 amide bonds. The summed E-state index contributed by atoms with van der Waals surface area (Å²) in [6.45, 7) is 1.19. The Kier molecular flexibility index (Phi) is 7.50. The van der Waals surface area contributed by atoms with Gasteiger partial charge in [-0.3, -0.25) is 4.79 Å². The van der Waals surface area contributed by atoms with E-state index in [1.54, 1.807) is 39.4 Å². The van der Waals surface area contributed by atoms with Gasteiger partial charge < -0.3 is 20.7 Å². The lowest BCUT2D eigenvalue weighted by molar-refractivity contribution is 0.0827. The number of rotatable bonds is 8. The molecule has 0 bridgehead atoms. The second kappa shape index (κ2) is 8.87. The van der Waals surface area contributed by atoms with E-state index in [1.807, 2.05) is 0 Å². The average molecular weight is 314 g/mol. The number of amides is 1.